The molecule has 140 valence electrons. The van der Waals surface area contributed by atoms with Crippen molar-refractivity contribution in [1.29, 1.82) is 0 Å². The predicted molar refractivity (Wildman–Crippen MR) is 106 cm³/mol. The summed E-state index contributed by atoms with van der Waals surface area (Å²) in [5.74, 6) is 2.21. The summed E-state index contributed by atoms with van der Waals surface area (Å²) < 4.78 is 22.3. The van der Waals surface area contributed by atoms with Crippen LogP contribution in [0.3, 0.4) is 0 Å². The predicted octanol–water partition coefficient (Wildman–Crippen LogP) is 5.16. The van der Waals surface area contributed by atoms with Crippen molar-refractivity contribution in [2.24, 2.45) is 0 Å². The van der Waals surface area contributed by atoms with Crippen LogP contribution in [0.5, 0.6) is 17.2 Å². The molecular formula is C21H25ClO4. The lowest BCUT2D eigenvalue weighted by molar-refractivity contribution is 0.0757. The Balaban J connectivity index is 1.66. The second-order valence-corrected chi connectivity index (χ2v) is 6.04. The molecule has 0 fully saturated rings. The second kappa shape index (κ2) is 10.7. The lowest BCUT2D eigenvalue weighted by atomic mass is 10.2. The maximum absolute atomic E-state index is 5.99. The van der Waals surface area contributed by atoms with Crippen LogP contribution >= 0.6 is 11.6 Å². The highest BCUT2D eigenvalue weighted by Crippen LogP contribution is 2.28. The van der Waals surface area contributed by atoms with Gasteiger partial charge in [0.05, 0.1) is 20.3 Å². The highest BCUT2D eigenvalue weighted by atomic mass is 35.5. The fourth-order valence-corrected chi connectivity index (χ4v) is 2.46. The Hall–Kier alpha value is -2.17. The highest BCUT2D eigenvalue weighted by molar-refractivity contribution is 6.31. The van der Waals surface area contributed by atoms with Gasteiger partial charge in [0.25, 0.3) is 0 Å². The lowest BCUT2D eigenvalue weighted by Crippen LogP contribution is -2.12. The molecule has 0 unspecified atom stereocenters. The molecule has 0 amide bonds. The maximum Gasteiger partial charge on any atom is 0.161 e. The number of benzene rings is 2. The summed E-state index contributed by atoms with van der Waals surface area (Å²) >= 11 is 5.99. The minimum absolute atomic E-state index is 0.444. The number of halogens is 1. The number of ether oxygens (including phenoxy) is 4. The molecule has 0 saturated heterocycles. The molecule has 0 bridgehead atoms. The number of methoxy groups -OCH3 is 1. The molecule has 26 heavy (non-hydrogen) atoms. The van der Waals surface area contributed by atoms with E-state index < -0.39 is 0 Å². The van der Waals surface area contributed by atoms with E-state index in [4.69, 9.17) is 30.5 Å². The van der Waals surface area contributed by atoms with Crippen LogP contribution in [0.4, 0.5) is 0 Å². The Morgan fingerprint density at radius 1 is 0.923 bits per heavy atom. The summed E-state index contributed by atoms with van der Waals surface area (Å²) in [5, 5.41) is 0.736. The van der Waals surface area contributed by atoms with Crippen LogP contribution in [-0.4, -0.2) is 33.5 Å². The molecule has 0 atom stereocenters. The monoisotopic (exact) mass is 376 g/mol. The van der Waals surface area contributed by atoms with Crippen LogP contribution in [0.15, 0.2) is 42.5 Å². The molecule has 4 nitrogen and oxygen atoms in total. The number of hydrogen-bond donors (Lipinski definition) is 0. The zero-order valence-electron chi connectivity index (χ0n) is 15.5. The van der Waals surface area contributed by atoms with Crippen LogP contribution in [0.1, 0.15) is 18.1 Å². The SMILES string of the molecule is CC=Cc1ccc(OCCOCCOc2ccc(Cl)c(C)c2)c(OC)c1. The van der Waals surface area contributed by atoms with Crippen molar-refractivity contribution in [3.8, 4) is 17.2 Å². The van der Waals surface area contributed by atoms with Gasteiger partial charge in [-0.3, -0.25) is 0 Å². The van der Waals surface area contributed by atoms with Gasteiger partial charge in [0, 0.05) is 5.02 Å². The fourth-order valence-electron chi connectivity index (χ4n) is 2.34. The molecule has 0 aliphatic heterocycles. The quantitative estimate of drug-likeness (QED) is 0.536. The number of aryl methyl sites for hydroxylation is 1. The Labute approximate surface area is 160 Å². The number of rotatable bonds is 10. The highest BCUT2D eigenvalue weighted by Gasteiger charge is 2.05. The molecular weight excluding hydrogens is 352 g/mol. The lowest BCUT2D eigenvalue weighted by Gasteiger charge is -2.12. The largest absolute Gasteiger partial charge is 0.493 e. The molecule has 0 aliphatic carbocycles. The third kappa shape index (κ3) is 6.28. The van der Waals surface area contributed by atoms with E-state index in [2.05, 4.69) is 0 Å². The zero-order chi connectivity index (χ0) is 18.8. The maximum atomic E-state index is 5.99. The van der Waals surface area contributed by atoms with Crippen LogP contribution in [0, 0.1) is 6.92 Å². The third-order valence-corrected chi connectivity index (χ3v) is 4.08. The van der Waals surface area contributed by atoms with Crippen molar-refractivity contribution < 1.29 is 18.9 Å². The van der Waals surface area contributed by atoms with E-state index in [1.165, 1.54) is 0 Å². The van der Waals surface area contributed by atoms with Crippen LogP contribution in [0.25, 0.3) is 6.08 Å². The molecule has 0 aromatic heterocycles. The zero-order valence-corrected chi connectivity index (χ0v) is 16.2. The summed E-state index contributed by atoms with van der Waals surface area (Å²) in [7, 11) is 1.63. The van der Waals surface area contributed by atoms with E-state index in [0.717, 1.165) is 21.9 Å². The Bertz CT molecular complexity index is 728. The first kappa shape index (κ1) is 20.1. The van der Waals surface area contributed by atoms with E-state index in [1.54, 1.807) is 7.11 Å². The topological polar surface area (TPSA) is 36.9 Å². The number of allylic oxidation sites excluding steroid dienone is 1. The molecule has 2 aromatic carbocycles. The molecule has 0 spiro atoms. The van der Waals surface area contributed by atoms with E-state index in [1.807, 2.05) is 62.4 Å². The van der Waals surface area contributed by atoms with E-state index in [0.29, 0.717) is 37.9 Å². The van der Waals surface area contributed by atoms with Crippen molar-refractivity contribution in [3.63, 3.8) is 0 Å². The molecule has 2 rings (SSSR count). The summed E-state index contributed by atoms with van der Waals surface area (Å²) in [5.41, 5.74) is 2.07. The normalized spacial score (nSPS) is 10.9. The average molecular weight is 377 g/mol. The van der Waals surface area contributed by atoms with Crippen molar-refractivity contribution >= 4 is 17.7 Å². The first-order valence-electron chi connectivity index (χ1n) is 8.54. The minimum Gasteiger partial charge on any atom is -0.493 e. The first-order valence-corrected chi connectivity index (χ1v) is 8.92. The first-order chi connectivity index (χ1) is 12.6. The molecule has 2 aromatic rings. The van der Waals surface area contributed by atoms with Crippen molar-refractivity contribution in [3.05, 3.63) is 58.6 Å². The van der Waals surface area contributed by atoms with Gasteiger partial charge in [0.2, 0.25) is 0 Å². The van der Waals surface area contributed by atoms with Crippen LogP contribution < -0.4 is 14.2 Å². The number of hydrogen-bond acceptors (Lipinski definition) is 4. The Kier molecular flexibility index (Phi) is 8.32. The Morgan fingerprint density at radius 2 is 1.69 bits per heavy atom. The summed E-state index contributed by atoms with van der Waals surface area (Å²) in [6.45, 7) is 5.81. The van der Waals surface area contributed by atoms with Crippen LogP contribution in [0.2, 0.25) is 5.02 Å². The van der Waals surface area contributed by atoms with Crippen molar-refractivity contribution in [2.45, 2.75) is 13.8 Å². The summed E-state index contributed by atoms with van der Waals surface area (Å²) in [4.78, 5) is 0. The van der Waals surface area contributed by atoms with Crippen molar-refractivity contribution in [1.82, 2.24) is 0 Å². The van der Waals surface area contributed by atoms with Gasteiger partial charge in [-0.2, -0.15) is 0 Å². The minimum atomic E-state index is 0.444. The second-order valence-electron chi connectivity index (χ2n) is 5.63. The smallest absolute Gasteiger partial charge is 0.161 e. The molecule has 0 aliphatic rings. The molecule has 0 heterocycles. The van der Waals surface area contributed by atoms with Gasteiger partial charge in [-0.05, 0) is 55.3 Å². The van der Waals surface area contributed by atoms with Gasteiger partial charge >= 0.3 is 0 Å². The van der Waals surface area contributed by atoms with Crippen LogP contribution in [-0.2, 0) is 4.74 Å². The molecule has 0 N–H and O–H groups in total. The fraction of sp³-hybridized carbons (Fsp3) is 0.333. The van der Waals surface area contributed by atoms with Gasteiger partial charge in [-0.25, -0.2) is 0 Å². The molecule has 5 heteroatoms. The average Bonchev–Trinajstić information content (AvgIpc) is 2.64. The van der Waals surface area contributed by atoms with Crippen molar-refractivity contribution in [2.75, 3.05) is 33.5 Å². The van der Waals surface area contributed by atoms with E-state index in [-0.39, 0.29) is 0 Å². The van der Waals surface area contributed by atoms with Gasteiger partial charge < -0.3 is 18.9 Å². The molecule has 0 saturated carbocycles. The van der Waals surface area contributed by atoms with Gasteiger partial charge in [0.1, 0.15) is 19.0 Å². The standard InChI is InChI=1S/C21H25ClO4/c1-4-5-17-6-9-20(21(15-17)23-3)26-13-11-24-10-12-25-18-7-8-19(22)16(2)14-18/h4-9,14-15H,10-13H2,1-3H3. The van der Waals surface area contributed by atoms with Gasteiger partial charge in [0.15, 0.2) is 11.5 Å². The Morgan fingerprint density at radius 3 is 2.38 bits per heavy atom. The molecule has 0 radical (unpaired) electrons. The van der Waals surface area contributed by atoms with E-state index in [9.17, 15) is 0 Å². The third-order valence-electron chi connectivity index (χ3n) is 3.66. The van der Waals surface area contributed by atoms with E-state index >= 15 is 0 Å². The summed E-state index contributed by atoms with van der Waals surface area (Å²) in [6.07, 6.45) is 3.99. The van der Waals surface area contributed by atoms with Gasteiger partial charge in [-0.15, -0.1) is 0 Å². The van der Waals surface area contributed by atoms with Gasteiger partial charge in [-0.1, -0.05) is 29.8 Å². The summed E-state index contributed by atoms with van der Waals surface area (Å²) in [6, 6.07) is 11.4.